The van der Waals surface area contributed by atoms with Crippen molar-refractivity contribution in [3.05, 3.63) is 77.2 Å². The Balaban J connectivity index is 1.97. The average Bonchev–Trinajstić information content (AvgIpc) is 3.22. The van der Waals surface area contributed by atoms with Gasteiger partial charge < -0.3 is 0 Å². The van der Waals surface area contributed by atoms with Gasteiger partial charge in [0.1, 0.15) is 0 Å². The molecule has 2 aromatic heterocycles. The van der Waals surface area contributed by atoms with Gasteiger partial charge in [0.15, 0.2) is 5.82 Å². The number of sulfonamides is 1. The van der Waals surface area contributed by atoms with Gasteiger partial charge >= 0.3 is 0 Å². The third kappa shape index (κ3) is 3.08. The molecular weight excluding hydrogens is 388 g/mol. The molecule has 0 fully saturated rings. The highest BCUT2D eigenvalue weighted by Crippen LogP contribution is 2.39. The summed E-state index contributed by atoms with van der Waals surface area (Å²) in [7, 11) is -2.16. The second-order valence-corrected chi connectivity index (χ2v) is 9.63. The molecule has 4 aromatic rings. The molecule has 0 aliphatic rings. The summed E-state index contributed by atoms with van der Waals surface area (Å²) in [4.78, 5) is 6.01. The van der Waals surface area contributed by atoms with Gasteiger partial charge in [-0.25, -0.2) is 13.4 Å². The van der Waals surface area contributed by atoms with E-state index in [-0.39, 0.29) is 4.90 Å². The lowest BCUT2D eigenvalue weighted by molar-refractivity contribution is 0.594. The van der Waals surface area contributed by atoms with Crippen molar-refractivity contribution in [3.63, 3.8) is 0 Å². The first-order valence-electron chi connectivity index (χ1n) is 8.88. The van der Waals surface area contributed by atoms with Gasteiger partial charge in [-0.2, -0.15) is 0 Å². The number of hydrogen-bond donors (Lipinski definition) is 0. The highest BCUT2D eigenvalue weighted by atomic mass is 32.2. The summed E-state index contributed by atoms with van der Waals surface area (Å²) < 4.78 is 27.9. The molecule has 0 bridgehead atoms. The van der Waals surface area contributed by atoms with Gasteiger partial charge in [-0.05, 0) is 49.1 Å². The number of aromatic nitrogens is 1. The molecule has 142 valence electrons. The Morgan fingerprint density at radius 3 is 2.32 bits per heavy atom. The van der Waals surface area contributed by atoms with Crippen molar-refractivity contribution in [1.82, 2.24) is 4.98 Å². The zero-order valence-corrected chi connectivity index (χ0v) is 17.5. The maximum Gasteiger partial charge on any atom is 0.265 e. The largest absolute Gasteiger partial charge is 0.265 e. The number of nitrogens with zero attached hydrogens (tertiary/aromatic N) is 2. The molecular formula is C22H20N2O2S2. The Morgan fingerprint density at radius 2 is 1.64 bits per heavy atom. The Labute approximate surface area is 169 Å². The second-order valence-electron chi connectivity index (χ2n) is 6.72. The Bertz CT molecular complexity index is 1250. The Morgan fingerprint density at radius 1 is 0.929 bits per heavy atom. The minimum atomic E-state index is -3.73. The van der Waals surface area contributed by atoms with Crippen molar-refractivity contribution in [2.24, 2.45) is 0 Å². The van der Waals surface area contributed by atoms with Gasteiger partial charge in [-0.1, -0.05) is 42.0 Å². The van der Waals surface area contributed by atoms with Crippen LogP contribution in [0, 0.1) is 13.8 Å². The SMILES string of the molecule is Cc1ccc(S(=O)(=O)N(C)c2nc3ccccc3c(C)c2-c2cccs2)cc1. The van der Waals surface area contributed by atoms with Gasteiger partial charge in [0, 0.05) is 22.9 Å². The first-order valence-corrected chi connectivity index (χ1v) is 11.2. The zero-order chi connectivity index (χ0) is 19.9. The van der Waals surface area contributed by atoms with Crippen LogP contribution in [0.1, 0.15) is 11.1 Å². The molecule has 0 atom stereocenters. The van der Waals surface area contributed by atoms with E-state index in [0.717, 1.165) is 32.5 Å². The maximum atomic E-state index is 13.3. The normalized spacial score (nSPS) is 11.7. The molecule has 6 heteroatoms. The van der Waals surface area contributed by atoms with E-state index in [9.17, 15) is 8.42 Å². The van der Waals surface area contributed by atoms with Gasteiger partial charge in [0.2, 0.25) is 0 Å². The quantitative estimate of drug-likeness (QED) is 0.454. The van der Waals surface area contributed by atoms with E-state index in [2.05, 4.69) is 0 Å². The van der Waals surface area contributed by atoms with E-state index in [1.165, 1.54) is 4.31 Å². The van der Waals surface area contributed by atoms with Crippen LogP contribution >= 0.6 is 11.3 Å². The number of pyridine rings is 1. The highest BCUT2D eigenvalue weighted by molar-refractivity contribution is 7.92. The third-order valence-electron chi connectivity index (χ3n) is 4.88. The van der Waals surface area contributed by atoms with E-state index in [0.29, 0.717) is 5.82 Å². The molecule has 4 nitrogen and oxygen atoms in total. The predicted molar refractivity (Wildman–Crippen MR) is 117 cm³/mol. The number of anilines is 1. The lowest BCUT2D eigenvalue weighted by atomic mass is 10.0. The summed E-state index contributed by atoms with van der Waals surface area (Å²) in [5, 5.41) is 3.01. The van der Waals surface area contributed by atoms with Gasteiger partial charge in [0.05, 0.1) is 10.4 Å². The summed E-state index contributed by atoms with van der Waals surface area (Å²) in [6.45, 7) is 3.96. The van der Waals surface area contributed by atoms with Crippen LogP contribution in [-0.4, -0.2) is 20.4 Å². The number of fused-ring (bicyclic) bond motifs is 1. The molecule has 0 unspecified atom stereocenters. The molecule has 0 aliphatic heterocycles. The van der Waals surface area contributed by atoms with Crippen molar-refractivity contribution in [3.8, 4) is 10.4 Å². The van der Waals surface area contributed by atoms with Gasteiger partial charge in [-0.15, -0.1) is 11.3 Å². The summed E-state index contributed by atoms with van der Waals surface area (Å²) in [5.41, 5.74) is 3.67. The van der Waals surface area contributed by atoms with Gasteiger partial charge in [0.25, 0.3) is 10.0 Å². The lowest BCUT2D eigenvalue weighted by Gasteiger charge is -2.23. The number of aryl methyl sites for hydroxylation is 2. The third-order valence-corrected chi connectivity index (χ3v) is 7.53. The fraction of sp³-hybridized carbons (Fsp3) is 0.136. The molecule has 0 spiro atoms. The van der Waals surface area contributed by atoms with E-state index in [1.807, 2.05) is 55.6 Å². The minimum absolute atomic E-state index is 0.255. The van der Waals surface area contributed by atoms with Crippen molar-refractivity contribution < 1.29 is 8.42 Å². The summed E-state index contributed by atoms with van der Waals surface area (Å²) in [5.74, 6) is 0.444. The number of benzene rings is 2. The monoisotopic (exact) mass is 408 g/mol. The molecule has 0 amide bonds. The molecule has 0 saturated heterocycles. The molecule has 2 aromatic carbocycles. The fourth-order valence-electron chi connectivity index (χ4n) is 3.29. The summed E-state index contributed by atoms with van der Waals surface area (Å²) in [6.07, 6.45) is 0. The number of thiophene rings is 1. The highest BCUT2D eigenvalue weighted by Gasteiger charge is 2.27. The van der Waals surface area contributed by atoms with Crippen LogP contribution in [0.15, 0.2) is 70.9 Å². The molecule has 0 aliphatic carbocycles. The van der Waals surface area contributed by atoms with Crippen molar-refractivity contribution in [2.75, 3.05) is 11.4 Å². The van der Waals surface area contributed by atoms with Crippen LogP contribution in [0.4, 0.5) is 5.82 Å². The van der Waals surface area contributed by atoms with Crippen LogP contribution < -0.4 is 4.31 Å². The van der Waals surface area contributed by atoms with Crippen molar-refractivity contribution >= 4 is 38.1 Å². The predicted octanol–water partition coefficient (Wildman–Crippen LogP) is 5.41. The van der Waals surface area contributed by atoms with Crippen LogP contribution in [0.5, 0.6) is 0 Å². The topological polar surface area (TPSA) is 50.3 Å². The van der Waals surface area contributed by atoms with Crippen molar-refractivity contribution in [1.29, 1.82) is 0 Å². The van der Waals surface area contributed by atoms with E-state index in [4.69, 9.17) is 4.98 Å². The van der Waals surface area contributed by atoms with E-state index < -0.39 is 10.0 Å². The number of rotatable bonds is 4. The maximum absolute atomic E-state index is 13.3. The number of para-hydroxylation sites is 1. The zero-order valence-electron chi connectivity index (χ0n) is 15.9. The first kappa shape index (κ1) is 18.7. The summed E-state index contributed by atoms with van der Waals surface area (Å²) >= 11 is 1.58. The van der Waals surface area contributed by atoms with E-state index in [1.54, 1.807) is 42.6 Å². The molecule has 4 rings (SSSR count). The molecule has 0 saturated carbocycles. The Hall–Kier alpha value is -2.70. The Kier molecular flexibility index (Phi) is 4.69. The van der Waals surface area contributed by atoms with Crippen LogP contribution in [0.2, 0.25) is 0 Å². The van der Waals surface area contributed by atoms with Crippen molar-refractivity contribution in [2.45, 2.75) is 18.7 Å². The molecule has 0 N–H and O–H groups in total. The molecule has 28 heavy (non-hydrogen) atoms. The van der Waals surface area contributed by atoms with Crippen LogP contribution in [0.25, 0.3) is 21.3 Å². The lowest BCUT2D eigenvalue weighted by Crippen LogP contribution is -2.28. The molecule has 2 heterocycles. The summed E-state index contributed by atoms with van der Waals surface area (Å²) in [6, 6.07) is 18.7. The van der Waals surface area contributed by atoms with Crippen LogP contribution in [0.3, 0.4) is 0 Å². The number of hydrogen-bond acceptors (Lipinski definition) is 4. The van der Waals surface area contributed by atoms with Gasteiger partial charge in [-0.3, -0.25) is 4.31 Å². The fourth-order valence-corrected chi connectivity index (χ4v) is 5.27. The first-order chi connectivity index (χ1) is 13.4. The average molecular weight is 409 g/mol. The second kappa shape index (κ2) is 7.04. The minimum Gasteiger partial charge on any atom is -0.252 e. The smallest absolute Gasteiger partial charge is 0.252 e. The van der Waals surface area contributed by atoms with E-state index >= 15 is 0 Å². The molecule has 0 radical (unpaired) electrons. The standard InChI is InChI=1S/C22H20N2O2S2/c1-15-10-12-17(13-11-15)28(25,26)24(3)22-21(20-9-6-14-27-20)16(2)18-7-4-5-8-19(18)23-22/h4-14H,1-3H3. The van der Waals surface area contributed by atoms with Crippen LogP contribution in [-0.2, 0) is 10.0 Å².